The molecule has 0 saturated heterocycles. The van der Waals surface area contributed by atoms with Crippen molar-refractivity contribution in [2.45, 2.75) is 19.8 Å². The Balaban J connectivity index is 2.29. The maximum absolute atomic E-state index is 12.8. The number of carbonyl (C=O) groups is 2. The zero-order valence-electron chi connectivity index (χ0n) is 13.9. The molecule has 0 aliphatic heterocycles. The molecule has 24 heavy (non-hydrogen) atoms. The summed E-state index contributed by atoms with van der Waals surface area (Å²) in [5.41, 5.74) is 1.64. The fourth-order valence-corrected chi connectivity index (χ4v) is 2.73. The molecule has 2 rings (SSSR count). The van der Waals surface area contributed by atoms with Gasteiger partial charge in [0.15, 0.2) is 0 Å². The molecule has 0 aliphatic carbocycles. The summed E-state index contributed by atoms with van der Waals surface area (Å²) < 4.78 is 4.76. The van der Waals surface area contributed by atoms with Gasteiger partial charge in [0.05, 0.1) is 24.3 Å². The number of rotatable bonds is 5. The molecular weight excluding hydrogens is 326 g/mol. The standard InChI is InChI=1S/C19H20ClNO3/c1-12(2)17(13-8-10-14(20)11-9-13)18(22)21-16-7-5-4-6-15(16)19(23)24-3/h4-12,17H,1-3H3,(H,21,22). The van der Waals surface area contributed by atoms with Crippen molar-refractivity contribution < 1.29 is 14.3 Å². The summed E-state index contributed by atoms with van der Waals surface area (Å²) in [6, 6.07) is 14.0. The molecular formula is C19H20ClNO3. The third-order valence-electron chi connectivity index (χ3n) is 3.77. The molecule has 1 N–H and O–H groups in total. The van der Waals surface area contributed by atoms with Crippen LogP contribution in [0.5, 0.6) is 0 Å². The third kappa shape index (κ3) is 4.15. The molecule has 126 valence electrons. The molecule has 0 saturated carbocycles. The zero-order valence-corrected chi connectivity index (χ0v) is 14.6. The van der Waals surface area contributed by atoms with Crippen molar-refractivity contribution in [1.29, 1.82) is 0 Å². The molecule has 0 heterocycles. The van der Waals surface area contributed by atoms with Gasteiger partial charge in [-0.2, -0.15) is 0 Å². The van der Waals surface area contributed by atoms with Crippen LogP contribution < -0.4 is 5.32 Å². The maximum atomic E-state index is 12.8. The largest absolute Gasteiger partial charge is 0.465 e. The van der Waals surface area contributed by atoms with Crippen LogP contribution >= 0.6 is 11.6 Å². The second-order valence-corrected chi connectivity index (χ2v) is 6.24. The van der Waals surface area contributed by atoms with Gasteiger partial charge in [-0.15, -0.1) is 0 Å². The van der Waals surface area contributed by atoms with Gasteiger partial charge in [-0.3, -0.25) is 4.79 Å². The number of nitrogens with one attached hydrogen (secondary N) is 1. The smallest absolute Gasteiger partial charge is 0.339 e. The molecule has 0 aromatic heterocycles. The average molecular weight is 346 g/mol. The van der Waals surface area contributed by atoms with Crippen molar-refractivity contribution in [3.8, 4) is 0 Å². The number of amides is 1. The lowest BCUT2D eigenvalue weighted by Crippen LogP contribution is -2.26. The first kappa shape index (κ1) is 18.0. The number of anilines is 1. The van der Waals surface area contributed by atoms with Crippen LogP contribution in [0.1, 0.15) is 35.7 Å². The van der Waals surface area contributed by atoms with Crippen LogP contribution in [0.4, 0.5) is 5.69 Å². The van der Waals surface area contributed by atoms with Crippen LogP contribution in [0.15, 0.2) is 48.5 Å². The topological polar surface area (TPSA) is 55.4 Å². The number of carbonyl (C=O) groups excluding carboxylic acids is 2. The summed E-state index contributed by atoms with van der Waals surface area (Å²) in [5, 5.41) is 3.47. The summed E-state index contributed by atoms with van der Waals surface area (Å²) in [5.74, 6) is -0.938. The summed E-state index contributed by atoms with van der Waals surface area (Å²) in [4.78, 5) is 24.6. The molecule has 4 nitrogen and oxygen atoms in total. The van der Waals surface area contributed by atoms with E-state index < -0.39 is 5.97 Å². The molecule has 1 unspecified atom stereocenters. The Hall–Kier alpha value is -2.33. The van der Waals surface area contributed by atoms with Crippen molar-refractivity contribution in [1.82, 2.24) is 0 Å². The normalized spacial score (nSPS) is 11.9. The predicted octanol–water partition coefficient (Wildman–Crippen LogP) is 4.50. The second-order valence-electron chi connectivity index (χ2n) is 5.80. The van der Waals surface area contributed by atoms with E-state index in [4.69, 9.17) is 16.3 Å². The van der Waals surface area contributed by atoms with Crippen molar-refractivity contribution in [3.63, 3.8) is 0 Å². The summed E-state index contributed by atoms with van der Waals surface area (Å²) >= 11 is 5.92. The van der Waals surface area contributed by atoms with Gasteiger partial charge in [0, 0.05) is 5.02 Å². The Bertz CT molecular complexity index is 726. The van der Waals surface area contributed by atoms with Gasteiger partial charge in [-0.1, -0.05) is 49.7 Å². The second kappa shape index (κ2) is 7.97. The van der Waals surface area contributed by atoms with Crippen LogP contribution in [0, 0.1) is 5.92 Å². The minimum Gasteiger partial charge on any atom is -0.465 e. The molecule has 0 aliphatic rings. The Morgan fingerprint density at radius 3 is 2.25 bits per heavy atom. The molecule has 2 aromatic carbocycles. The molecule has 0 bridgehead atoms. The Morgan fingerprint density at radius 2 is 1.67 bits per heavy atom. The van der Waals surface area contributed by atoms with E-state index >= 15 is 0 Å². The van der Waals surface area contributed by atoms with E-state index in [0.29, 0.717) is 16.3 Å². The zero-order chi connectivity index (χ0) is 17.7. The molecule has 5 heteroatoms. The van der Waals surface area contributed by atoms with E-state index in [1.54, 1.807) is 36.4 Å². The SMILES string of the molecule is COC(=O)c1ccccc1NC(=O)C(c1ccc(Cl)cc1)C(C)C. The average Bonchev–Trinajstić information content (AvgIpc) is 2.56. The molecule has 0 radical (unpaired) electrons. The van der Waals surface area contributed by atoms with Gasteiger partial charge in [0.25, 0.3) is 0 Å². The number of hydrogen-bond acceptors (Lipinski definition) is 3. The summed E-state index contributed by atoms with van der Waals surface area (Å²) in [6.45, 7) is 3.95. The minimum atomic E-state index is -0.488. The van der Waals surface area contributed by atoms with Crippen LogP contribution in [0.25, 0.3) is 0 Å². The summed E-state index contributed by atoms with van der Waals surface area (Å²) in [7, 11) is 1.31. The van der Waals surface area contributed by atoms with Crippen LogP contribution in [-0.4, -0.2) is 19.0 Å². The highest BCUT2D eigenvalue weighted by Gasteiger charge is 2.25. The highest BCUT2D eigenvalue weighted by Crippen LogP contribution is 2.28. The van der Waals surface area contributed by atoms with Crippen molar-refractivity contribution in [2.24, 2.45) is 5.92 Å². The number of hydrogen-bond donors (Lipinski definition) is 1. The molecule has 1 amide bonds. The highest BCUT2D eigenvalue weighted by atomic mass is 35.5. The molecule has 1 atom stereocenters. The van der Waals surface area contributed by atoms with Crippen molar-refractivity contribution >= 4 is 29.2 Å². The number of para-hydroxylation sites is 1. The summed E-state index contributed by atoms with van der Waals surface area (Å²) in [6.07, 6.45) is 0. The fraction of sp³-hybridized carbons (Fsp3) is 0.263. The lowest BCUT2D eigenvalue weighted by molar-refractivity contribution is -0.118. The minimum absolute atomic E-state index is 0.0801. The van der Waals surface area contributed by atoms with E-state index in [1.165, 1.54) is 7.11 Å². The third-order valence-corrected chi connectivity index (χ3v) is 4.02. The van der Waals surface area contributed by atoms with Crippen molar-refractivity contribution in [2.75, 3.05) is 12.4 Å². The maximum Gasteiger partial charge on any atom is 0.339 e. The van der Waals surface area contributed by atoms with E-state index in [2.05, 4.69) is 5.32 Å². The lowest BCUT2D eigenvalue weighted by atomic mass is 9.87. The number of esters is 1. The Morgan fingerprint density at radius 1 is 1.04 bits per heavy atom. The fourth-order valence-electron chi connectivity index (χ4n) is 2.60. The van der Waals surface area contributed by atoms with Crippen LogP contribution in [0.2, 0.25) is 5.02 Å². The first-order valence-electron chi connectivity index (χ1n) is 7.67. The number of methoxy groups -OCH3 is 1. The first-order chi connectivity index (χ1) is 11.4. The predicted molar refractivity (Wildman–Crippen MR) is 95.4 cm³/mol. The van der Waals surface area contributed by atoms with Gasteiger partial charge in [0.2, 0.25) is 5.91 Å². The van der Waals surface area contributed by atoms with Gasteiger partial charge < -0.3 is 10.1 Å². The number of halogens is 1. The lowest BCUT2D eigenvalue weighted by Gasteiger charge is -2.21. The van der Waals surface area contributed by atoms with Gasteiger partial charge in [-0.05, 0) is 35.7 Å². The molecule has 0 spiro atoms. The monoisotopic (exact) mass is 345 g/mol. The van der Waals surface area contributed by atoms with Crippen LogP contribution in [-0.2, 0) is 9.53 Å². The van der Waals surface area contributed by atoms with E-state index in [0.717, 1.165) is 5.56 Å². The van der Waals surface area contributed by atoms with Gasteiger partial charge in [-0.25, -0.2) is 4.79 Å². The number of ether oxygens (including phenoxy) is 1. The van der Waals surface area contributed by atoms with Gasteiger partial charge >= 0.3 is 5.97 Å². The van der Waals surface area contributed by atoms with Crippen LogP contribution in [0.3, 0.4) is 0 Å². The first-order valence-corrected chi connectivity index (χ1v) is 8.05. The van der Waals surface area contributed by atoms with E-state index in [1.807, 2.05) is 26.0 Å². The van der Waals surface area contributed by atoms with E-state index in [-0.39, 0.29) is 17.7 Å². The Kier molecular flexibility index (Phi) is 5.99. The quantitative estimate of drug-likeness (QED) is 0.811. The molecule has 0 fully saturated rings. The van der Waals surface area contributed by atoms with E-state index in [9.17, 15) is 9.59 Å². The Labute approximate surface area is 146 Å². The van der Waals surface area contributed by atoms with Crippen molar-refractivity contribution in [3.05, 3.63) is 64.7 Å². The number of benzene rings is 2. The molecule has 2 aromatic rings. The van der Waals surface area contributed by atoms with Gasteiger partial charge in [0.1, 0.15) is 0 Å². The highest BCUT2D eigenvalue weighted by molar-refractivity contribution is 6.30.